The average Bonchev–Trinajstić information content (AvgIpc) is 2.93. The smallest absolute Gasteiger partial charge is 0.0652 e. The minimum Gasteiger partial charge on any atom is -0.381 e. The topological polar surface area (TPSA) is 9.23 Å². The Labute approximate surface area is 142 Å². The van der Waals surface area contributed by atoms with E-state index in [1.54, 1.807) is 7.11 Å². The number of rotatable bonds is 3. The molecule has 0 amide bonds. The van der Waals surface area contributed by atoms with Crippen molar-refractivity contribution in [1.82, 2.24) is 0 Å². The first-order chi connectivity index (χ1) is 10.2. The van der Waals surface area contributed by atoms with Gasteiger partial charge >= 0.3 is 0 Å². The minimum absolute atomic E-state index is 0.280. The van der Waals surface area contributed by atoms with Crippen molar-refractivity contribution < 1.29 is 4.74 Å². The van der Waals surface area contributed by atoms with Crippen LogP contribution in [0.1, 0.15) is 24.0 Å². The molecule has 1 aliphatic carbocycles. The third-order valence-electron chi connectivity index (χ3n) is 3.95. The van der Waals surface area contributed by atoms with E-state index in [1.165, 1.54) is 22.3 Å². The maximum Gasteiger partial charge on any atom is 0.0652 e. The predicted octanol–water partition coefficient (Wildman–Crippen LogP) is 5.93. The quantitative estimate of drug-likeness (QED) is 0.612. The summed E-state index contributed by atoms with van der Waals surface area (Å²) in [5.74, 6) is 0. The van der Waals surface area contributed by atoms with E-state index in [-0.39, 0.29) is 6.10 Å². The molecule has 0 saturated heterocycles. The van der Waals surface area contributed by atoms with E-state index < -0.39 is 0 Å². The first-order valence-corrected chi connectivity index (χ1v) is 8.52. The summed E-state index contributed by atoms with van der Waals surface area (Å²) in [5.41, 5.74) is 5.37. The third-order valence-corrected chi connectivity index (χ3v) is 5.00. The number of benzene rings is 2. The Morgan fingerprint density at radius 3 is 1.48 bits per heavy atom. The summed E-state index contributed by atoms with van der Waals surface area (Å²) in [7, 11) is 1.80. The van der Waals surface area contributed by atoms with E-state index in [4.69, 9.17) is 4.74 Å². The Balaban J connectivity index is 2.04. The van der Waals surface area contributed by atoms with Gasteiger partial charge in [0.25, 0.3) is 0 Å². The Morgan fingerprint density at radius 2 is 1.14 bits per heavy atom. The van der Waals surface area contributed by atoms with Crippen LogP contribution in [0.3, 0.4) is 0 Å². The maximum absolute atomic E-state index is 5.60. The molecule has 2 aromatic rings. The SMILES string of the molecule is COC1CC(c2ccc(Br)cc2)=C(c2ccc(Br)cc2)C1. The van der Waals surface area contributed by atoms with Crippen molar-refractivity contribution in [3.63, 3.8) is 0 Å². The molecular formula is C18H16Br2O. The second kappa shape index (κ2) is 6.47. The van der Waals surface area contributed by atoms with Crippen LogP contribution in [0.4, 0.5) is 0 Å². The zero-order valence-electron chi connectivity index (χ0n) is 11.8. The van der Waals surface area contributed by atoms with Crippen molar-refractivity contribution >= 4 is 43.0 Å². The number of halogens is 2. The third kappa shape index (κ3) is 3.31. The normalized spacial score (nSPS) is 15.8. The summed E-state index contributed by atoms with van der Waals surface area (Å²) in [5, 5.41) is 0. The number of hydrogen-bond acceptors (Lipinski definition) is 1. The molecule has 0 bridgehead atoms. The van der Waals surface area contributed by atoms with Crippen LogP contribution in [0.15, 0.2) is 57.5 Å². The lowest BCUT2D eigenvalue weighted by atomic mass is 9.97. The monoisotopic (exact) mass is 406 g/mol. The lowest BCUT2D eigenvalue weighted by molar-refractivity contribution is 0.116. The minimum atomic E-state index is 0.280. The second-order valence-corrected chi connectivity index (χ2v) is 7.07. The van der Waals surface area contributed by atoms with Gasteiger partial charge in [0.15, 0.2) is 0 Å². The highest BCUT2D eigenvalue weighted by Gasteiger charge is 2.25. The largest absolute Gasteiger partial charge is 0.381 e. The standard InChI is InChI=1S/C18H16Br2O/c1-21-16-10-17(12-2-6-14(19)7-3-12)18(11-16)13-4-8-15(20)9-5-13/h2-9,16H,10-11H2,1H3. The molecule has 21 heavy (non-hydrogen) atoms. The first kappa shape index (κ1) is 15.0. The molecule has 0 unspecified atom stereocenters. The summed E-state index contributed by atoms with van der Waals surface area (Å²) in [6.07, 6.45) is 2.23. The molecule has 0 N–H and O–H groups in total. The molecule has 0 saturated carbocycles. The highest BCUT2D eigenvalue weighted by atomic mass is 79.9. The van der Waals surface area contributed by atoms with Crippen molar-refractivity contribution in [2.24, 2.45) is 0 Å². The Morgan fingerprint density at radius 1 is 0.762 bits per heavy atom. The predicted molar refractivity (Wildman–Crippen MR) is 95.1 cm³/mol. The molecule has 0 heterocycles. The van der Waals surface area contributed by atoms with Crippen LogP contribution in [-0.4, -0.2) is 13.2 Å². The summed E-state index contributed by atoms with van der Waals surface area (Å²) >= 11 is 7.00. The Hall–Kier alpha value is -0.900. The van der Waals surface area contributed by atoms with Crippen LogP contribution < -0.4 is 0 Å². The van der Waals surface area contributed by atoms with Crippen LogP contribution in [-0.2, 0) is 4.74 Å². The number of methoxy groups -OCH3 is 1. The zero-order valence-corrected chi connectivity index (χ0v) is 14.9. The van der Waals surface area contributed by atoms with Crippen molar-refractivity contribution in [3.8, 4) is 0 Å². The summed E-state index contributed by atoms with van der Waals surface area (Å²) < 4.78 is 7.82. The van der Waals surface area contributed by atoms with Crippen molar-refractivity contribution in [3.05, 3.63) is 68.6 Å². The first-order valence-electron chi connectivity index (χ1n) is 6.94. The van der Waals surface area contributed by atoms with Gasteiger partial charge in [0.2, 0.25) is 0 Å². The van der Waals surface area contributed by atoms with Gasteiger partial charge in [-0.25, -0.2) is 0 Å². The molecular weight excluding hydrogens is 392 g/mol. The van der Waals surface area contributed by atoms with Gasteiger partial charge in [-0.2, -0.15) is 0 Å². The van der Waals surface area contributed by atoms with Crippen LogP contribution in [0.5, 0.6) is 0 Å². The van der Waals surface area contributed by atoms with E-state index in [0.717, 1.165) is 21.8 Å². The molecule has 0 spiro atoms. The van der Waals surface area contributed by atoms with Crippen LogP contribution in [0.2, 0.25) is 0 Å². The summed E-state index contributed by atoms with van der Waals surface area (Å²) in [4.78, 5) is 0. The fourth-order valence-electron chi connectivity index (χ4n) is 2.83. The van der Waals surface area contributed by atoms with Gasteiger partial charge in [-0.05, 0) is 59.4 Å². The number of hydrogen-bond donors (Lipinski definition) is 0. The lowest BCUT2D eigenvalue weighted by Gasteiger charge is -2.08. The van der Waals surface area contributed by atoms with Crippen molar-refractivity contribution in [2.45, 2.75) is 18.9 Å². The zero-order chi connectivity index (χ0) is 14.8. The van der Waals surface area contributed by atoms with Gasteiger partial charge in [0.05, 0.1) is 6.10 Å². The van der Waals surface area contributed by atoms with Crippen LogP contribution in [0, 0.1) is 0 Å². The number of ether oxygens (including phenoxy) is 1. The molecule has 108 valence electrons. The van der Waals surface area contributed by atoms with E-state index in [0.29, 0.717) is 0 Å². The molecule has 1 nitrogen and oxygen atoms in total. The Kier molecular flexibility index (Phi) is 4.63. The molecule has 0 radical (unpaired) electrons. The molecule has 3 rings (SSSR count). The fraction of sp³-hybridized carbons (Fsp3) is 0.222. The van der Waals surface area contributed by atoms with Gasteiger partial charge < -0.3 is 4.74 Å². The van der Waals surface area contributed by atoms with Crippen molar-refractivity contribution in [1.29, 1.82) is 0 Å². The van der Waals surface area contributed by atoms with E-state index in [2.05, 4.69) is 80.4 Å². The summed E-state index contributed by atoms with van der Waals surface area (Å²) in [6.45, 7) is 0. The molecule has 3 heteroatoms. The molecule has 1 aliphatic rings. The van der Waals surface area contributed by atoms with E-state index in [1.807, 2.05) is 0 Å². The van der Waals surface area contributed by atoms with Gasteiger partial charge in [-0.15, -0.1) is 0 Å². The highest BCUT2D eigenvalue weighted by Crippen LogP contribution is 2.41. The molecule has 0 fully saturated rings. The fourth-order valence-corrected chi connectivity index (χ4v) is 3.36. The second-order valence-electron chi connectivity index (χ2n) is 5.24. The molecule has 2 aromatic carbocycles. The Bertz CT molecular complexity index is 599. The van der Waals surface area contributed by atoms with Gasteiger partial charge in [0, 0.05) is 16.1 Å². The van der Waals surface area contributed by atoms with Crippen molar-refractivity contribution in [2.75, 3.05) is 7.11 Å². The lowest BCUT2D eigenvalue weighted by Crippen LogP contribution is -2.04. The molecule has 0 atom stereocenters. The van der Waals surface area contributed by atoms with Gasteiger partial charge in [-0.1, -0.05) is 56.1 Å². The van der Waals surface area contributed by atoms with Gasteiger partial charge in [0.1, 0.15) is 0 Å². The maximum atomic E-state index is 5.60. The van der Waals surface area contributed by atoms with E-state index in [9.17, 15) is 0 Å². The summed E-state index contributed by atoms with van der Waals surface area (Å²) in [6, 6.07) is 17.1. The molecule has 0 aromatic heterocycles. The van der Waals surface area contributed by atoms with Crippen LogP contribution in [0.25, 0.3) is 11.1 Å². The molecule has 0 aliphatic heterocycles. The average molecular weight is 408 g/mol. The van der Waals surface area contributed by atoms with E-state index >= 15 is 0 Å². The van der Waals surface area contributed by atoms with Gasteiger partial charge in [-0.3, -0.25) is 0 Å². The van der Waals surface area contributed by atoms with Crippen LogP contribution >= 0.6 is 31.9 Å². The highest BCUT2D eigenvalue weighted by molar-refractivity contribution is 9.10.